The molecule has 4 nitrogen and oxygen atoms in total. The second kappa shape index (κ2) is 4.46. The summed E-state index contributed by atoms with van der Waals surface area (Å²) in [5.74, 6) is -0.513. The average Bonchev–Trinajstić information content (AvgIpc) is 2.63. The Hall–Kier alpha value is -1.68. The number of aliphatic hydroxyl groups excluding tert-OH is 1. The van der Waals surface area contributed by atoms with Crippen LogP contribution in [0.3, 0.4) is 0 Å². The number of carbonyl (C=O) groups excluding carboxylic acids is 2. The van der Waals surface area contributed by atoms with Crippen molar-refractivity contribution in [1.82, 2.24) is 4.90 Å². The lowest BCUT2D eigenvalue weighted by molar-refractivity contribution is 0.0203. The fourth-order valence-corrected chi connectivity index (χ4v) is 3.07. The number of hydrogen-bond donors (Lipinski definition) is 1. The number of fused-ring (bicyclic) bond motifs is 1. The Morgan fingerprint density at radius 2 is 1.79 bits per heavy atom. The van der Waals surface area contributed by atoms with Crippen LogP contribution in [0.2, 0.25) is 0 Å². The molecule has 2 aliphatic rings. The highest BCUT2D eigenvalue weighted by Crippen LogP contribution is 2.31. The molecule has 1 aliphatic carbocycles. The topological polar surface area (TPSA) is 57.6 Å². The predicted octanol–water partition coefficient (Wildman–Crippen LogP) is 1.89. The first kappa shape index (κ1) is 12.4. The lowest BCUT2D eigenvalue weighted by Crippen LogP contribution is -2.48. The Kier molecular flexibility index (Phi) is 2.90. The minimum Gasteiger partial charge on any atom is -0.391 e. The predicted molar refractivity (Wildman–Crippen MR) is 69.9 cm³/mol. The fraction of sp³-hybridized carbons (Fsp3) is 0.467. The Morgan fingerprint density at radius 3 is 2.53 bits per heavy atom. The lowest BCUT2D eigenvalue weighted by atomic mass is 9.91. The maximum absolute atomic E-state index is 12.4. The highest BCUT2D eigenvalue weighted by Gasteiger charge is 2.42. The summed E-state index contributed by atoms with van der Waals surface area (Å²) in [6.07, 6.45) is 2.69. The first-order chi connectivity index (χ1) is 9.09. The van der Waals surface area contributed by atoms with Crippen LogP contribution >= 0.6 is 0 Å². The van der Waals surface area contributed by atoms with Gasteiger partial charge in [-0.1, -0.05) is 24.5 Å². The van der Waals surface area contributed by atoms with Crippen molar-refractivity contribution in [2.45, 2.75) is 44.8 Å². The van der Waals surface area contributed by atoms with Gasteiger partial charge in [0, 0.05) is 0 Å². The van der Waals surface area contributed by atoms with Crippen molar-refractivity contribution in [1.29, 1.82) is 0 Å². The maximum Gasteiger partial charge on any atom is 0.261 e. The monoisotopic (exact) mass is 259 g/mol. The van der Waals surface area contributed by atoms with Crippen molar-refractivity contribution < 1.29 is 14.7 Å². The number of carbonyl (C=O) groups is 2. The molecule has 1 N–H and O–H groups in total. The van der Waals surface area contributed by atoms with E-state index < -0.39 is 6.10 Å². The molecule has 100 valence electrons. The molecule has 1 heterocycles. The minimum atomic E-state index is -0.586. The largest absolute Gasteiger partial charge is 0.391 e. The minimum absolute atomic E-state index is 0.255. The molecule has 4 heteroatoms. The van der Waals surface area contributed by atoms with Crippen molar-refractivity contribution in [3.8, 4) is 0 Å². The number of rotatable bonds is 1. The molecule has 1 aromatic rings. The van der Waals surface area contributed by atoms with Gasteiger partial charge in [0.15, 0.2) is 0 Å². The Morgan fingerprint density at radius 1 is 1.11 bits per heavy atom. The molecule has 19 heavy (non-hydrogen) atoms. The molecular formula is C15H17NO3. The van der Waals surface area contributed by atoms with Gasteiger partial charge in [-0.15, -0.1) is 0 Å². The third kappa shape index (κ3) is 1.87. The van der Waals surface area contributed by atoms with Gasteiger partial charge in [-0.3, -0.25) is 14.5 Å². The van der Waals surface area contributed by atoms with Crippen LogP contribution in [0.25, 0.3) is 0 Å². The Balaban J connectivity index is 1.98. The molecular weight excluding hydrogens is 242 g/mol. The van der Waals surface area contributed by atoms with Crippen LogP contribution in [0.15, 0.2) is 18.2 Å². The molecule has 0 radical (unpaired) electrons. The molecule has 2 atom stereocenters. The molecule has 2 amide bonds. The van der Waals surface area contributed by atoms with E-state index in [2.05, 4.69) is 0 Å². The van der Waals surface area contributed by atoms with E-state index in [1.165, 1.54) is 4.90 Å². The molecule has 0 bridgehead atoms. The van der Waals surface area contributed by atoms with E-state index >= 15 is 0 Å². The van der Waals surface area contributed by atoms with Crippen molar-refractivity contribution in [2.75, 3.05) is 0 Å². The molecule has 0 aromatic heterocycles. The normalized spacial score (nSPS) is 26.7. The summed E-state index contributed by atoms with van der Waals surface area (Å²) in [6.45, 7) is 1.90. The van der Waals surface area contributed by atoms with E-state index in [9.17, 15) is 14.7 Å². The van der Waals surface area contributed by atoms with Crippen LogP contribution in [0, 0.1) is 6.92 Å². The fourth-order valence-electron chi connectivity index (χ4n) is 3.07. The molecule has 0 saturated heterocycles. The highest BCUT2D eigenvalue weighted by molar-refractivity contribution is 6.21. The first-order valence-corrected chi connectivity index (χ1v) is 6.76. The third-order valence-corrected chi connectivity index (χ3v) is 4.10. The molecule has 0 spiro atoms. The van der Waals surface area contributed by atoms with Gasteiger partial charge in [-0.2, -0.15) is 0 Å². The molecule has 1 saturated carbocycles. The van der Waals surface area contributed by atoms with Gasteiger partial charge >= 0.3 is 0 Å². The first-order valence-electron chi connectivity index (χ1n) is 6.76. The highest BCUT2D eigenvalue weighted by atomic mass is 16.3. The summed E-state index contributed by atoms with van der Waals surface area (Å²) in [6, 6.07) is 4.94. The summed E-state index contributed by atoms with van der Waals surface area (Å²) < 4.78 is 0. The Bertz CT molecular complexity index is 552. The smallest absolute Gasteiger partial charge is 0.261 e. The zero-order valence-electron chi connectivity index (χ0n) is 10.9. The number of imide groups is 1. The molecule has 3 rings (SSSR count). The van der Waals surface area contributed by atoms with Crippen molar-refractivity contribution in [2.24, 2.45) is 0 Å². The SMILES string of the molecule is Cc1ccc2c(c1)C(=O)N(C1CCCCC1O)C2=O. The van der Waals surface area contributed by atoms with Gasteiger partial charge in [-0.05, 0) is 31.9 Å². The van der Waals surface area contributed by atoms with Gasteiger partial charge in [0.05, 0.1) is 23.3 Å². The second-order valence-electron chi connectivity index (χ2n) is 5.45. The van der Waals surface area contributed by atoms with E-state index in [1.54, 1.807) is 12.1 Å². The van der Waals surface area contributed by atoms with E-state index in [1.807, 2.05) is 13.0 Å². The average molecular weight is 259 g/mol. The van der Waals surface area contributed by atoms with Crippen LogP contribution in [-0.2, 0) is 0 Å². The van der Waals surface area contributed by atoms with Crippen LogP contribution in [0.5, 0.6) is 0 Å². The summed E-state index contributed by atoms with van der Waals surface area (Å²) in [4.78, 5) is 26.0. The summed E-state index contributed by atoms with van der Waals surface area (Å²) in [7, 11) is 0. The zero-order valence-corrected chi connectivity index (χ0v) is 10.9. The van der Waals surface area contributed by atoms with Crippen LogP contribution < -0.4 is 0 Å². The number of hydrogen-bond acceptors (Lipinski definition) is 3. The van der Waals surface area contributed by atoms with Crippen molar-refractivity contribution in [3.63, 3.8) is 0 Å². The number of benzene rings is 1. The van der Waals surface area contributed by atoms with E-state index in [4.69, 9.17) is 0 Å². The summed E-state index contributed by atoms with van der Waals surface area (Å²) in [5, 5.41) is 10.1. The zero-order chi connectivity index (χ0) is 13.6. The van der Waals surface area contributed by atoms with Crippen LogP contribution in [-0.4, -0.2) is 34.0 Å². The van der Waals surface area contributed by atoms with Gasteiger partial charge in [0.25, 0.3) is 11.8 Å². The number of nitrogens with zero attached hydrogens (tertiary/aromatic N) is 1. The van der Waals surface area contributed by atoms with E-state index in [-0.39, 0.29) is 17.9 Å². The maximum atomic E-state index is 12.4. The summed E-state index contributed by atoms with van der Waals surface area (Å²) in [5.41, 5.74) is 1.90. The number of aliphatic hydroxyl groups is 1. The quantitative estimate of drug-likeness (QED) is 0.784. The molecule has 1 aromatic carbocycles. The second-order valence-corrected chi connectivity index (χ2v) is 5.45. The van der Waals surface area contributed by atoms with Gasteiger partial charge < -0.3 is 5.11 Å². The van der Waals surface area contributed by atoms with E-state index in [0.717, 1.165) is 18.4 Å². The number of amides is 2. The number of aryl methyl sites for hydroxylation is 1. The molecule has 2 unspecified atom stereocenters. The van der Waals surface area contributed by atoms with Crippen molar-refractivity contribution in [3.05, 3.63) is 34.9 Å². The summed E-state index contributed by atoms with van der Waals surface area (Å²) >= 11 is 0. The Labute approximate surface area is 112 Å². The van der Waals surface area contributed by atoms with E-state index in [0.29, 0.717) is 24.0 Å². The van der Waals surface area contributed by atoms with Gasteiger partial charge in [0.1, 0.15) is 0 Å². The van der Waals surface area contributed by atoms with Gasteiger partial charge in [0.2, 0.25) is 0 Å². The lowest BCUT2D eigenvalue weighted by Gasteiger charge is -2.33. The van der Waals surface area contributed by atoms with Gasteiger partial charge in [-0.25, -0.2) is 0 Å². The van der Waals surface area contributed by atoms with Crippen LogP contribution in [0.4, 0.5) is 0 Å². The molecule has 1 fully saturated rings. The third-order valence-electron chi connectivity index (χ3n) is 4.10. The molecule has 1 aliphatic heterocycles. The van der Waals surface area contributed by atoms with Crippen molar-refractivity contribution >= 4 is 11.8 Å². The standard InChI is InChI=1S/C15H17NO3/c1-9-6-7-10-11(8-9)15(19)16(14(10)18)12-4-2-3-5-13(12)17/h6-8,12-13,17H,2-5H2,1H3. The van der Waals surface area contributed by atoms with Crippen LogP contribution in [0.1, 0.15) is 52.0 Å².